The van der Waals surface area contributed by atoms with Crippen LogP contribution in [0.3, 0.4) is 0 Å². The van der Waals surface area contributed by atoms with E-state index >= 15 is 0 Å². The third-order valence-electron chi connectivity index (χ3n) is 2.71. The van der Waals surface area contributed by atoms with E-state index in [1.807, 2.05) is 0 Å². The number of carbonyl (C=O) groups is 3. The molecule has 0 fully saturated rings. The average Bonchev–Trinajstić information content (AvgIpc) is 2.43. The fourth-order valence-corrected chi connectivity index (χ4v) is 1.73. The predicted octanol–water partition coefficient (Wildman–Crippen LogP) is 1.44. The second kappa shape index (κ2) is 8.26. The van der Waals surface area contributed by atoms with E-state index in [0.717, 1.165) is 0 Å². The first-order valence-corrected chi connectivity index (χ1v) is 6.81. The van der Waals surface area contributed by atoms with Gasteiger partial charge in [0.2, 0.25) is 5.91 Å². The predicted molar refractivity (Wildman–Crippen MR) is 78.3 cm³/mol. The largest absolute Gasteiger partial charge is 0.481 e. The molecule has 1 rings (SSSR count). The molecule has 3 N–H and O–H groups in total. The Morgan fingerprint density at radius 3 is 2.43 bits per heavy atom. The van der Waals surface area contributed by atoms with Crippen molar-refractivity contribution >= 4 is 29.4 Å². The molecule has 0 saturated carbocycles. The first-order valence-electron chi connectivity index (χ1n) is 6.43. The standard InChI is InChI=1S/C14H17ClN2O4/c1-9(2-7-13(19)20)17-12(18)8-16-14(21)10-3-5-11(15)6-4-10/h3-6,9H,2,7-8H2,1H3,(H,16,21)(H,17,18)(H,19,20). The van der Waals surface area contributed by atoms with Gasteiger partial charge in [-0.25, -0.2) is 0 Å². The molecule has 0 radical (unpaired) electrons. The number of hydrogen-bond donors (Lipinski definition) is 3. The van der Waals surface area contributed by atoms with Crippen LogP contribution in [0.15, 0.2) is 24.3 Å². The Morgan fingerprint density at radius 1 is 1.24 bits per heavy atom. The number of carbonyl (C=O) groups excluding carboxylic acids is 2. The quantitative estimate of drug-likeness (QED) is 0.710. The van der Waals surface area contributed by atoms with Gasteiger partial charge in [0, 0.05) is 23.0 Å². The molecule has 0 aliphatic carbocycles. The molecule has 1 aromatic rings. The Bertz CT molecular complexity index is 516. The SMILES string of the molecule is CC(CCC(=O)O)NC(=O)CNC(=O)c1ccc(Cl)cc1. The zero-order valence-corrected chi connectivity index (χ0v) is 12.3. The molecular weight excluding hydrogens is 296 g/mol. The highest BCUT2D eigenvalue weighted by Crippen LogP contribution is 2.09. The minimum absolute atomic E-state index is 0.0153. The number of carboxylic acids is 1. The summed E-state index contributed by atoms with van der Waals surface area (Å²) in [6, 6.07) is 6.03. The van der Waals surface area contributed by atoms with Crippen molar-refractivity contribution in [2.75, 3.05) is 6.54 Å². The second-order valence-electron chi connectivity index (χ2n) is 4.59. The van der Waals surface area contributed by atoms with Gasteiger partial charge in [-0.3, -0.25) is 14.4 Å². The van der Waals surface area contributed by atoms with Crippen LogP contribution in [-0.4, -0.2) is 35.5 Å². The maximum Gasteiger partial charge on any atom is 0.303 e. The molecule has 1 aromatic carbocycles. The van der Waals surface area contributed by atoms with Gasteiger partial charge in [0.15, 0.2) is 0 Å². The molecule has 0 spiro atoms. The molecule has 0 saturated heterocycles. The fraction of sp³-hybridized carbons (Fsp3) is 0.357. The Hall–Kier alpha value is -2.08. The Balaban J connectivity index is 2.33. The molecule has 1 unspecified atom stereocenters. The van der Waals surface area contributed by atoms with E-state index in [1.165, 1.54) is 0 Å². The van der Waals surface area contributed by atoms with Crippen LogP contribution in [0.2, 0.25) is 5.02 Å². The Kier molecular flexibility index (Phi) is 6.68. The van der Waals surface area contributed by atoms with Crippen LogP contribution in [-0.2, 0) is 9.59 Å². The molecule has 114 valence electrons. The van der Waals surface area contributed by atoms with Crippen molar-refractivity contribution in [3.63, 3.8) is 0 Å². The number of benzene rings is 1. The minimum Gasteiger partial charge on any atom is -0.481 e. The minimum atomic E-state index is -0.910. The normalized spacial score (nSPS) is 11.5. The first-order chi connectivity index (χ1) is 9.88. The van der Waals surface area contributed by atoms with Crippen LogP contribution in [0.25, 0.3) is 0 Å². The maximum absolute atomic E-state index is 11.7. The summed E-state index contributed by atoms with van der Waals surface area (Å²) in [5.41, 5.74) is 0.408. The highest BCUT2D eigenvalue weighted by atomic mass is 35.5. The van der Waals surface area contributed by atoms with Gasteiger partial charge < -0.3 is 15.7 Å². The fourth-order valence-electron chi connectivity index (χ4n) is 1.60. The molecule has 0 heterocycles. The molecule has 6 nitrogen and oxygen atoms in total. The molecule has 2 amide bonds. The lowest BCUT2D eigenvalue weighted by Crippen LogP contribution is -2.41. The smallest absolute Gasteiger partial charge is 0.303 e. The van der Waals surface area contributed by atoms with E-state index in [4.69, 9.17) is 16.7 Å². The van der Waals surface area contributed by atoms with E-state index < -0.39 is 5.97 Å². The van der Waals surface area contributed by atoms with Gasteiger partial charge >= 0.3 is 5.97 Å². The summed E-state index contributed by atoms with van der Waals surface area (Å²) in [6.45, 7) is 1.54. The Morgan fingerprint density at radius 2 is 1.86 bits per heavy atom. The monoisotopic (exact) mass is 312 g/mol. The molecular formula is C14H17ClN2O4. The molecule has 1 atom stereocenters. The van der Waals surface area contributed by atoms with Gasteiger partial charge in [-0.1, -0.05) is 11.6 Å². The number of halogens is 1. The third kappa shape index (κ3) is 6.76. The Labute approximate surface area is 127 Å². The number of nitrogens with one attached hydrogen (secondary N) is 2. The van der Waals surface area contributed by atoms with Crippen LogP contribution in [0.4, 0.5) is 0 Å². The van der Waals surface area contributed by atoms with E-state index in [0.29, 0.717) is 17.0 Å². The number of rotatable bonds is 7. The van der Waals surface area contributed by atoms with Gasteiger partial charge in [0.25, 0.3) is 5.91 Å². The van der Waals surface area contributed by atoms with Crippen molar-refractivity contribution < 1.29 is 19.5 Å². The maximum atomic E-state index is 11.7. The van der Waals surface area contributed by atoms with Crippen LogP contribution in [0.5, 0.6) is 0 Å². The van der Waals surface area contributed by atoms with Crippen molar-refractivity contribution in [1.29, 1.82) is 0 Å². The van der Waals surface area contributed by atoms with Crippen LogP contribution in [0, 0.1) is 0 Å². The summed E-state index contributed by atoms with van der Waals surface area (Å²) in [7, 11) is 0. The summed E-state index contributed by atoms with van der Waals surface area (Å²) >= 11 is 5.72. The molecule has 0 aromatic heterocycles. The van der Waals surface area contributed by atoms with Crippen LogP contribution in [0.1, 0.15) is 30.1 Å². The van der Waals surface area contributed by atoms with Crippen molar-refractivity contribution in [3.8, 4) is 0 Å². The average molecular weight is 313 g/mol. The zero-order chi connectivity index (χ0) is 15.8. The third-order valence-corrected chi connectivity index (χ3v) is 2.97. The van der Waals surface area contributed by atoms with Crippen molar-refractivity contribution in [1.82, 2.24) is 10.6 Å². The summed E-state index contributed by atoms with van der Waals surface area (Å²) < 4.78 is 0. The van der Waals surface area contributed by atoms with E-state index in [1.54, 1.807) is 31.2 Å². The van der Waals surface area contributed by atoms with Crippen molar-refractivity contribution in [3.05, 3.63) is 34.9 Å². The highest BCUT2D eigenvalue weighted by Gasteiger charge is 2.11. The summed E-state index contributed by atoms with van der Waals surface area (Å²) in [6.07, 6.45) is 0.324. The number of amides is 2. The summed E-state index contributed by atoms with van der Waals surface area (Å²) in [5, 5.41) is 14.2. The first kappa shape index (κ1) is 17.0. The molecule has 0 aliphatic rings. The van der Waals surface area contributed by atoms with Crippen LogP contribution < -0.4 is 10.6 Å². The van der Waals surface area contributed by atoms with Gasteiger partial charge in [0.1, 0.15) is 0 Å². The molecule has 7 heteroatoms. The van der Waals surface area contributed by atoms with E-state index in [2.05, 4.69) is 10.6 Å². The molecule has 21 heavy (non-hydrogen) atoms. The van der Waals surface area contributed by atoms with Crippen molar-refractivity contribution in [2.45, 2.75) is 25.8 Å². The second-order valence-corrected chi connectivity index (χ2v) is 5.03. The number of carboxylic acid groups (broad SMARTS) is 1. The summed E-state index contributed by atoms with van der Waals surface area (Å²) in [4.78, 5) is 33.7. The lowest BCUT2D eigenvalue weighted by molar-refractivity contribution is -0.137. The number of aliphatic carboxylic acids is 1. The van der Waals surface area contributed by atoms with Crippen LogP contribution >= 0.6 is 11.6 Å². The van der Waals surface area contributed by atoms with Gasteiger partial charge in [-0.2, -0.15) is 0 Å². The number of hydrogen-bond acceptors (Lipinski definition) is 3. The lowest BCUT2D eigenvalue weighted by Gasteiger charge is -2.13. The zero-order valence-electron chi connectivity index (χ0n) is 11.6. The van der Waals surface area contributed by atoms with E-state index in [9.17, 15) is 14.4 Å². The van der Waals surface area contributed by atoms with Gasteiger partial charge in [0.05, 0.1) is 6.54 Å². The summed E-state index contributed by atoms with van der Waals surface area (Å²) in [5.74, 6) is -1.65. The molecule has 0 bridgehead atoms. The topological polar surface area (TPSA) is 95.5 Å². The van der Waals surface area contributed by atoms with E-state index in [-0.39, 0.29) is 30.8 Å². The lowest BCUT2D eigenvalue weighted by atomic mass is 10.2. The van der Waals surface area contributed by atoms with Crippen molar-refractivity contribution in [2.24, 2.45) is 0 Å². The molecule has 0 aliphatic heterocycles. The van der Waals surface area contributed by atoms with Gasteiger partial charge in [-0.15, -0.1) is 0 Å². The highest BCUT2D eigenvalue weighted by molar-refractivity contribution is 6.30. The van der Waals surface area contributed by atoms with Gasteiger partial charge in [-0.05, 0) is 37.6 Å².